The topological polar surface area (TPSA) is 73.9 Å². The van der Waals surface area contributed by atoms with Crippen molar-refractivity contribution in [2.75, 3.05) is 26.1 Å². The summed E-state index contributed by atoms with van der Waals surface area (Å²) in [6, 6.07) is 15.1. The average Bonchev–Trinajstić information content (AvgIpc) is 3.22. The lowest BCUT2D eigenvalue weighted by Gasteiger charge is -2.12. The maximum absolute atomic E-state index is 12.7. The number of amides is 1. The van der Waals surface area contributed by atoms with E-state index in [1.54, 1.807) is 27.2 Å². The van der Waals surface area contributed by atoms with Crippen LogP contribution >= 0.6 is 27.3 Å². The van der Waals surface area contributed by atoms with Crippen LogP contribution in [0.5, 0.6) is 11.5 Å². The van der Waals surface area contributed by atoms with E-state index in [2.05, 4.69) is 21.2 Å². The molecule has 0 aliphatic carbocycles. The van der Waals surface area contributed by atoms with Crippen molar-refractivity contribution in [2.24, 2.45) is 0 Å². The zero-order valence-electron chi connectivity index (χ0n) is 18.1. The van der Waals surface area contributed by atoms with Crippen molar-refractivity contribution in [3.63, 3.8) is 0 Å². The fourth-order valence-corrected chi connectivity index (χ4v) is 4.70. The van der Waals surface area contributed by atoms with Crippen LogP contribution in [0, 0.1) is 0 Å². The third-order valence-corrected chi connectivity index (χ3v) is 6.55. The number of benzene rings is 2. The summed E-state index contributed by atoms with van der Waals surface area (Å²) in [6.07, 6.45) is 0.716. The van der Waals surface area contributed by atoms with Gasteiger partial charge in [0.05, 0.1) is 26.4 Å². The number of esters is 1. The minimum atomic E-state index is -0.455. The SMILES string of the molecule is CCOC(=O)c1cc(-c2ccccc2)sc1NC(=O)CCc1cc(OC)c(OC)cc1Br. The number of rotatable bonds is 9. The zero-order valence-corrected chi connectivity index (χ0v) is 20.5. The lowest BCUT2D eigenvalue weighted by Crippen LogP contribution is -2.14. The van der Waals surface area contributed by atoms with E-state index < -0.39 is 5.97 Å². The quantitative estimate of drug-likeness (QED) is 0.355. The van der Waals surface area contributed by atoms with Crippen molar-refractivity contribution < 1.29 is 23.8 Å². The first-order chi connectivity index (χ1) is 15.5. The van der Waals surface area contributed by atoms with E-state index in [9.17, 15) is 9.59 Å². The molecule has 1 heterocycles. The summed E-state index contributed by atoms with van der Waals surface area (Å²) in [4.78, 5) is 26.1. The van der Waals surface area contributed by atoms with Gasteiger partial charge in [-0.3, -0.25) is 4.79 Å². The number of carbonyl (C=O) groups is 2. The summed E-state index contributed by atoms with van der Waals surface area (Å²) in [6.45, 7) is 2.01. The van der Waals surface area contributed by atoms with Gasteiger partial charge < -0.3 is 19.5 Å². The smallest absolute Gasteiger partial charge is 0.341 e. The molecule has 1 amide bonds. The Morgan fingerprint density at radius 1 is 1.03 bits per heavy atom. The summed E-state index contributed by atoms with van der Waals surface area (Å²) in [7, 11) is 3.14. The number of carbonyl (C=O) groups excluding carboxylic acids is 2. The number of methoxy groups -OCH3 is 2. The molecular weight excluding hydrogens is 494 g/mol. The lowest BCUT2D eigenvalue weighted by atomic mass is 10.1. The van der Waals surface area contributed by atoms with Crippen LogP contribution in [-0.2, 0) is 16.0 Å². The van der Waals surface area contributed by atoms with Crippen LogP contribution in [0.4, 0.5) is 5.00 Å². The highest BCUT2D eigenvalue weighted by Gasteiger charge is 2.20. The molecule has 0 aliphatic heterocycles. The monoisotopic (exact) mass is 517 g/mol. The van der Waals surface area contributed by atoms with Crippen molar-refractivity contribution in [3.05, 3.63) is 64.1 Å². The molecule has 1 N–H and O–H groups in total. The summed E-state index contributed by atoms with van der Waals surface area (Å²) >= 11 is 4.87. The minimum Gasteiger partial charge on any atom is -0.493 e. The largest absolute Gasteiger partial charge is 0.493 e. The molecular formula is C24H24BrNO5S. The summed E-state index contributed by atoms with van der Waals surface area (Å²) in [5.74, 6) is 0.558. The zero-order chi connectivity index (χ0) is 23.1. The van der Waals surface area contributed by atoms with Crippen LogP contribution in [0.3, 0.4) is 0 Å². The Morgan fingerprint density at radius 3 is 2.38 bits per heavy atom. The first-order valence-electron chi connectivity index (χ1n) is 10.0. The third kappa shape index (κ3) is 5.69. The highest BCUT2D eigenvalue weighted by molar-refractivity contribution is 9.10. The van der Waals surface area contributed by atoms with Crippen molar-refractivity contribution in [3.8, 4) is 21.9 Å². The molecule has 0 bridgehead atoms. The van der Waals surface area contributed by atoms with Crippen LogP contribution in [0.25, 0.3) is 10.4 Å². The molecule has 0 saturated heterocycles. The summed E-state index contributed by atoms with van der Waals surface area (Å²) < 4.78 is 16.6. The molecule has 3 rings (SSSR count). The average molecular weight is 518 g/mol. The van der Waals surface area contributed by atoms with Crippen LogP contribution < -0.4 is 14.8 Å². The number of aryl methyl sites for hydroxylation is 1. The molecule has 0 fully saturated rings. The van der Waals surface area contributed by atoms with Crippen LogP contribution in [0.2, 0.25) is 0 Å². The maximum atomic E-state index is 12.7. The molecule has 0 atom stereocenters. The molecule has 0 saturated carbocycles. The molecule has 8 heteroatoms. The molecule has 0 radical (unpaired) electrons. The Morgan fingerprint density at radius 2 is 1.72 bits per heavy atom. The molecule has 0 aliphatic rings. The van der Waals surface area contributed by atoms with E-state index >= 15 is 0 Å². The van der Waals surface area contributed by atoms with E-state index in [1.807, 2.05) is 42.5 Å². The number of hydrogen-bond donors (Lipinski definition) is 1. The second kappa shape index (κ2) is 11.2. The van der Waals surface area contributed by atoms with Gasteiger partial charge in [0.1, 0.15) is 5.00 Å². The van der Waals surface area contributed by atoms with Crippen molar-refractivity contribution in [1.29, 1.82) is 0 Å². The van der Waals surface area contributed by atoms with Gasteiger partial charge >= 0.3 is 5.97 Å². The second-order valence-corrected chi connectivity index (χ2v) is 8.69. The van der Waals surface area contributed by atoms with E-state index in [4.69, 9.17) is 14.2 Å². The van der Waals surface area contributed by atoms with Gasteiger partial charge in [-0.15, -0.1) is 11.3 Å². The minimum absolute atomic E-state index is 0.196. The van der Waals surface area contributed by atoms with Gasteiger partial charge in [0.25, 0.3) is 0 Å². The van der Waals surface area contributed by atoms with Gasteiger partial charge in [-0.25, -0.2) is 4.79 Å². The summed E-state index contributed by atoms with van der Waals surface area (Å²) in [5, 5.41) is 3.37. The maximum Gasteiger partial charge on any atom is 0.341 e. The number of halogens is 1. The number of anilines is 1. The van der Waals surface area contributed by atoms with Gasteiger partial charge in [0.15, 0.2) is 11.5 Å². The van der Waals surface area contributed by atoms with Crippen molar-refractivity contribution in [2.45, 2.75) is 19.8 Å². The van der Waals surface area contributed by atoms with Gasteiger partial charge in [0.2, 0.25) is 5.91 Å². The molecule has 32 heavy (non-hydrogen) atoms. The summed E-state index contributed by atoms with van der Waals surface area (Å²) in [5.41, 5.74) is 2.24. The molecule has 1 aromatic heterocycles. The second-order valence-electron chi connectivity index (χ2n) is 6.79. The normalized spacial score (nSPS) is 10.5. The molecule has 0 spiro atoms. The number of nitrogens with one attached hydrogen (secondary N) is 1. The molecule has 6 nitrogen and oxygen atoms in total. The fraction of sp³-hybridized carbons (Fsp3) is 0.250. The highest BCUT2D eigenvalue weighted by Crippen LogP contribution is 2.37. The highest BCUT2D eigenvalue weighted by atomic mass is 79.9. The molecule has 168 valence electrons. The van der Waals surface area contributed by atoms with Crippen LogP contribution in [-0.4, -0.2) is 32.7 Å². The van der Waals surface area contributed by atoms with Gasteiger partial charge in [-0.05, 0) is 42.7 Å². The predicted molar refractivity (Wildman–Crippen MR) is 130 cm³/mol. The Hall–Kier alpha value is -2.84. The Labute approximate surface area is 199 Å². The van der Waals surface area contributed by atoms with E-state index in [-0.39, 0.29) is 18.9 Å². The van der Waals surface area contributed by atoms with Crippen molar-refractivity contribution >= 4 is 44.1 Å². The number of ether oxygens (including phenoxy) is 3. The van der Waals surface area contributed by atoms with Gasteiger partial charge in [-0.2, -0.15) is 0 Å². The van der Waals surface area contributed by atoms with Gasteiger partial charge in [0, 0.05) is 15.8 Å². The van der Waals surface area contributed by atoms with Crippen LogP contribution in [0.15, 0.2) is 53.0 Å². The van der Waals surface area contributed by atoms with Gasteiger partial charge in [-0.1, -0.05) is 46.3 Å². The molecule has 3 aromatic rings. The third-order valence-electron chi connectivity index (χ3n) is 4.71. The predicted octanol–water partition coefficient (Wildman–Crippen LogP) is 5.94. The standard InChI is InChI=1S/C24H24BrNO5S/c1-4-31-24(28)17-13-21(15-8-6-5-7-9-15)32-23(17)26-22(27)11-10-16-12-19(29-2)20(30-3)14-18(16)25/h5-9,12-14H,4,10-11H2,1-3H3,(H,26,27). The van der Waals surface area contributed by atoms with E-state index in [0.29, 0.717) is 28.5 Å². The van der Waals surface area contributed by atoms with E-state index in [0.717, 1.165) is 20.5 Å². The Kier molecular flexibility index (Phi) is 8.30. The Balaban J connectivity index is 1.77. The van der Waals surface area contributed by atoms with E-state index in [1.165, 1.54) is 11.3 Å². The van der Waals surface area contributed by atoms with Crippen LogP contribution in [0.1, 0.15) is 29.3 Å². The molecule has 2 aromatic carbocycles. The number of hydrogen-bond acceptors (Lipinski definition) is 6. The first kappa shape index (κ1) is 23.8. The molecule has 0 unspecified atom stereocenters. The van der Waals surface area contributed by atoms with Crippen molar-refractivity contribution in [1.82, 2.24) is 0 Å². The fourth-order valence-electron chi connectivity index (χ4n) is 3.11. The first-order valence-corrected chi connectivity index (χ1v) is 11.6. The number of thiophene rings is 1. The Bertz CT molecular complexity index is 1100. The lowest BCUT2D eigenvalue weighted by molar-refractivity contribution is -0.116.